The summed E-state index contributed by atoms with van der Waals surface area (Å²) in [6, 6.07) is 5.22. The van der Waals surface area contributed by atoms with Gasteiger partial charge < -0.3 is 9.88 Å². The molecule has 8 nitrogen and oxygen atoms in total. The molecule has 0 bridgehead atoms. The lowest BCUT2D eigenvalue weighted by Gasteiger charge is -2.12. The molecule has 0 atom stereocenters. The van der Waals surface area contributed by atoms with Crippen LogP contribution in [0, 0.1) is 10.1 Å². The zero-order valence-corrected chi connectivity index (χ0v) is 12.8. The number of anilines is 1. The van der Waals surface area contributed by atoms with Crippen molar-refractivity contribution in [3.8, 4) is 0 Å². The van der Waals surface area contributed by atoms with E-state index >= 15 is 0 Å². The highest BCUT2D eigenvalue weighted by molar-refractivity contribution is 5.99. The molecule has 0 saturated carbocycles. The van der Waals surface area contributed by atoms with E-state index < -0.39 is 4.92 Å². The SMILES string of the molecule is CC(C)n1cnnc1CNc1ccc([N+](=O)[O-])c2cnccc12. The molecule has 0 aliphatic heterocycles. The van der Waals surface area contributed by atoms with Gasteiger partial charge in [-0.2, -0.15) is 0 Å². The number of benzene rings is 1. The number of non-ortho nitro benzene ring substituents is 1. The monoisotopic (exact) mass is 312 g/mol. The van der Waals surface area contributed by atoms with Gasteiger partial charge >= 0.3 is 0 Å². The Balaban J connectivity index is 1.93. The molecule has 2 heterocycles. The number of pyridine rings is 1. The Morgan fingerprint density at radius 2 is 2.13 bits per heavy atom. The molecule has 23 heavy (non-hydrogen) atoms. The molecule has 0 saturated heterocycles. The van der Waals surface area contributed by atoms with E-state index in [0.717, 1.165) is 16.9 Å². The Labute approximate surface area is 132 Å². The summed E-state index contributed by atoms with van der Waals surface area (Å²) in [6.07, 6.45) is 4.82. The highest BCUT2D eigenvalue weighted by Crippen LogP contribution is 2.30. The summed E-state index contributed by atoms with van der Waals surface area (Å²) in [6.45, 7) is 4.59. The van der Waals surface area contributed by atoms with Crippen LogP contribution in [0.1, 0.15) is 25.7 Å². The second-order valence-electron chi connectivity index (χ2n) is 5.41. The molecule has 8 heteroatoms. The van der Waals surface area contributed by atoms with Gasteiger partial charge in [-0.1, -0.05) is 0 Å². The van der Waals surface area contributed by atoms with Crippen molar-refractivity contribution >= 4 is 22.1 Å². The van der Waals surface area contributed by atoms with Crippen molar-refractivity contribution < 1.29 is 4.92 Å². The molecule has 0 aliphatic carbocycles. The van der Waals surface area contributed by atoms with E-state index in [4.69, 9.17) is 0 Å². The number of fused-ring (bicyclic) bond motifs is 1. The Morgan fingerprint density at radius 1 is 1.30 bits per heavy atom. The van der Waals surface area contributed by atoms with Gasteiger partial charge in [0.2, 0.25) is 0 Å². The number of hydrogen-bond acceptors (Lipinski definition) is 6. The predicted octanol–water partition coefficient (Wildman–Crippen LogP) is 2.93. The topological polar surface area (TPSA) is 98.8 Å². The van der Waals surface area contributed by atoms with Crippen LogP contribution in [-0.2, 0) is 6.54 Å². The van der Waals surface area contributed by atoms with E-state index in [2.05, 4.69) is 34.3 Å². The molecule has 0 fully saturated rings. The molecule has 1 aromatic carbocycles. The number of nitro groups is 1. The van der Waals surface area contributed by atoms with Gasteiger partial charge in [-0.25, -0.2) is 0 Å². The lowest BCUT2D eigenvalue weighted by Crippen LogP contribution is -2.10. The van der Waals surface area contributed by atoms with Crippen molar-refractivity contribution in [2.75, 3.05) is 5.32 Å². The van der Waals surface area contributed by atoms with Crippen LogP contribution in [-0.4, -0.2) is 24.7 Å². The van der Waals surface area contributed by atoms with Crippen LogP contribution < -0.4 is 5.32 Å². The van der Waals surface area contributed by atoms with Crippen LogP contribution in [0.25, 0.3) is 10.8 Å². The zero-order valence-electron chi connectivity index (χ0n) is 12.8. The third-order valence-corrected chi connectivity index (χ3v) is 3.63. The minimum atomic E-state index is -0.400. The summed E-state index contributed by atoms with van der Waals surface area (Å²) in [5.41, 5.74) is 0.843. The Kier molecular flexibility index (Phi) is 3.88. The molecule has 118 valence electrons. The highest BCUT2D eigenvalue weighted by Gasteiger charge is 2.15. The third kappa shape index (κ3) is 2.83. The maximum atomic E-state index is 11.1. The number of nitro benzene ring substituents is 1. The fourth-order valence-corrected chi connectivity index (χ4v) is 2.49. The first-order chi connectivity index (χ1) is 11.1. The van der Waals surface area contributed by atoms with Crippen molar-refractivity contribution in [3.05, 3.63) is 52.9 Å². The first kappa shape index (κ1) is 14.9. The van der Waals surface area contributed by atoms with Crippen LogP contribution in [0.15, 0.2) is 36.9 Å². The number of rotatable bonds is 5. The Hall–Kier alpha value is -3.03. The summed E-state index contributed by atoms with van der Waals surface area (Å²) in [4.78, 5) is 14.7. The summed E-state index contributed by atoms with van der Waals surface area (Å²) < 4.78 is 1.97. The van der Waals surface area contributed by atoms with Gasteiger partial charge in [-0.3, -0.25) is 15.1 Å². The van der Waals surface area contributed by atoms with Gasteiger partial charge in [-0.15, -0.1) is 10.2 Å². The van der Waals surface area contributed by atoms with Crippen molar-refractivity contribution in [1.82, 2.24) is 19.7 Å². The molecule has 3 rings (SSSR count). The van der Waals surface area contributed by atoms with Crippen LogP contribution >= 0.6 is 0 Å². The molecule has 2 aromatic heterocycles. The first-order valence-corrected chi connectivity index (χ1v) is 7.21. The van der Waals surface area contributed by atoms with Gasteiger partial charge in [0.1, 0.15) is 6.33 Å². The van der Waals surface area contributed by atoms with E-state index in [-0.39, 0.29) is 11.7 Å². The van der Waals surface area contributed by atoms with Crippen LogP contribution in [0.3, 0.4) is 0 Å². The van der Waals surface area contributed by atoms with Crippen LogP contribution in [0.4, 0.5) is 11.4 Å². The summed E-state index contributed by atoms with van der Waals surface area (Å²) >= 11 is 0. The summed E-state index contributed by atoms with van der Waals surface area (Å²) in [5.74, 6) is 0.806. The van der Waals surface area contributed by atoms with Crippen LogP contribution in [0.5, 0.6) is 0 Å². The number of aromatic nitrogens is 4. The van der Waals surface area contributed by atoms with E-state index in [9.17, 15) is 10.1 Å². The largest absolute Gasteiger partial charge is 0.377 e. The van der Waals surface area contributed by atoms with E-state index in [1.165, 1.54) is 12.3 Å². The molecule has 0 amide bonds. The van der Waals surface area contributed by atoms with Crippen molar-refractivity contribution in [1.29, 1.82) is 0 Å². The maximum Gasteiger partial charge on any atom is 0.278 e. The average Bonchev–Trinajstić information content (AvgIpc) is 3.01. The number of nitrogens with zero attached hydrogens (tertiary/aromatic N) is 5. The third-order valence-electron chi connectivity index (χ3n) is 3.63. The molecule has 1 N–H and O–H groups in total. The molecular formula is C15H16N6O2. The fraction of sp³-hybridized carbons (Fsp3) is 0.267. The van der Waals surface area contributed by atoms with Gasteiger partial charge in [0, 0.05) is 35.6 Å². The smallest absolute Gasteiger partial charge is 0.278 e. The molecular weight excluding hydrogens is 296 g/mol. The molecule has 0 unspecified atom stereocenters. The Bertz CT molecular complexity index is 858. The highest BCUT2D eigenvalue weighted by atomic mass is 16.6. The van der Waals surface area contributed by atoms with Gasteiger partial charge in [0.25, 0.3) is 5.69 Å². The van der Waals surface area contributed by atoms with Crippen molar-refractivity contribution in [3.63, 3.8) is 0 Å². The van der Waals surface area contributed by atoms with E-state index in [1.807, 2.05) is 4.57 Å². The normalized spacial score (nSPS) is 11.1. The Morgan fingerprint density at radius 3 is 2.87 bits per heavy atom. The van der Waals surface area contributed by atoms with Gasteiger partial charge in [0.15, 0.2) is 5.82 Å². The molecule has 3 aromatic rings. The number of hydrogen-bond donors (Lipinski definition) is 1. The average molecular weight is 312 g/mol. The number of nitrogens with one attached hydrogen (secondary N) is 1. The molecule has 0 radical (unpaired) electrons. The summed E-state index contributed by atoms with van der Waals surface area (Å²) in [7, 11) is 0. The lowest BCUT2D eigenvalue weighted by molar-refractivity contribution is -0.383. The van der Waals surface area contributed by atoms with Crippen molar-refractivity contribution in [2.24, 2.45) is 0 Å². The first-order valence-electron chi connectivity index (χ1n) is 7.21. The van der Waals surface area contributed by atoms with Crippen molar-refractivity contribution in [2.45, 2.75) is 26.4 Å². The lowest BCUT2D eigenvalue weighted by atomic mass is 10.1. The molecule has 0 aliphatic rings. The van der Waals surface area contributed by atoms with E-state index in [1.54, 1.807) is 24.7 Å². The quantitative estimate of drug-likeness (QED) is 0.574. The second-order valence-corrected chi connectivity index (χ2v) is 5.41. The van der Waals surface area contributed by atoms with Gasteiger partial charge in [0.05, 0.1) is 16.9 Å². The predicted molar refractivity (Wildman–Crippen MR) is 86.1 cm³/mol. The van der Waals surface area contributed by atoms with E-state index in [0.29, 0.717) is 11.9 Å². The zero-order chi connectivity index (χ0) is 16.4. The molecule has 0 spiro atoms. The minimum Gasteiger partial charge on any atom is -0.377 e. The minimum absolute atomic E-state index is 0.0454. The maximum absolute atomic E-state index is 11.1. The standard InChI is InChI=1S/C15H16N6O2/c1-10(2)20-9-18-19-15(20)8-17-13-3-4-14(21(22)23)12-7-16-6-5-11(12)13/h3-7,9-10,17H,8H2,1-2H3. The summed E-state index contributed by atoms with van der Waals surface area (Å²) in [5, 5.41) is 23.7. The van der Waals surface area contributed by atoms with Crippen LogP contribution in [0.2, 0.25) is 0 Å². The second kappa shape index (κ2) is 5.99. The fourth-order valence-electron chi connectivity index (χ4n) is 2.49. The van der Waals surface area contributed by atoms with Gasteiger partial charge in [-0.05, 0) is 26.0 Å².